The standard InChI is InChI=1S/C21H27NO3/c1-5-13-24-19-8-6-7-17(14-19)22-20(23)15-25-18-11-9-16(10-12-18)21(2,3)4/h6-12,14H,5,13,15H2,1-4H3,(H,22,23). The molecule has 4 nitrogen and oxygen atoms in total. The Kier molecular flexibility index (Phi) is 6.45. The van der Waals surface area contributed by atoms with Crippen LogP contribution >= 0.6 is 0 Å². The van der Waals surface area contributed by atoms with Gasteiger partial charge in [0.05, 0.1) is 6.61 Å². The molecule has 4 heteroatoms. The maximum absolute atomic E-state index is 12.1. The molecule has 0 aromatic heterocycles. The van der Waals surface area contributed by atoms with Gasteiger partial charge in [-0.2, -0.15) is 0 Å². The van der Waals surface area contributed by atoms with Gasteiger partial charge in [-0.15, -0.1) is 0 Å². The molecule has 0 fully saturated rings. The molecule has 0 aliphatic heterocycles. The molecular weight excluding hydrogens is 314 g/mol. The molecule has 0 saturated heterocycles. The van der Waals surface area contributed by atoms with E-state index in [-0.39, 0.29) is 17.9 Å². The van der Waals surface area contributed by atoms with Crippen LogP contribution < -0.4 is 14.8 Å². The molecular formula is C21H27NO3. The monoisotopic (exact) mass is 341 g/mol. The van der Waals surface area contributed by atoms with Crippen LogP contribution in [0.25, 0.3) is 0 Å². The Hall–Kier alpha value is -2.49. The summed E-state index contributed by atoms with van der Waals surface area (Å²) in [5.74, 6) is 1.23. The van der Waals surface area contributed by atoms with Gasteiger partial charge in [0.1, 0.15) is 11.5 Å². The summed E-state index contributed by atoms with van der Waals surface area (Å²) in [6.45, 7) is 9.16. The average Bonchev–Trinajstić information content (AvgIpc) is 2.58. The lowest BCUT2D eigenvalue weighted by molar-refractivity contribution is -0.118. The van der Waals surface area contributed by atoms with Crippen LogP contribution in [0.2, 0.25) is 0 Å². The Morgan fingerprint density at radius 3 is 2.36 bits per heavy atom. The fourth-order valence-corrected chi connectivity index (χ4v) is 2.28. The Morgan fingerprint density at radius 1 is 1.00 bits per heavy atom. The van der Waals surface area contributed by atoms with E-state index in [4.69, 9.17) is 9.47 Å². The number of amides is 1. The third kappa shape index (κ3) is 6.14. The van der Waals surface area contributed by atoms with Crippen molar-refractivity contribution in [2.24, 2.45) is 0 Å². The summed E-state index contributed by atoms with van der Waals surface area (Å²) in [6, 6.07) is 15.2. The van der Waals surface area contributed by atoms with Crippen LogP contribution in [0.5, 0.6) is 11.5 Å². The Morgan fingerprint density at radius 2 is 1.72 bits per heavy atom. The molecule has 2 aromatic carbocycles. The zero-order valence-electron chi connectivity index (χ0n) is 15.5. The first kappa shape index (κ1) is 18.8. The lowest BCUT2D eigenvalue weighted by Crippen LogP contribution is -2.20. The molecule has 0 radical (unpaired) electrons. The van der Waals surface area contributed by atoms with Crippen molar-refractivity contribution in [2.75, 3.05) is 18.5 Å². The molecule has 0 aliphatic carbocycles. The topological polar surface area (TPSA) is 47.6 Å². The van der Waals surface area contributed by atoms with Gasteiger partial charge in [-0.05, 0) is 41.7 Å². The van der Waals surface area contributed by atoms with E-state index in [0.29, 0.717) is 18.0 Å². The minimum Gasteiger partial charge on any atom is -0.494 e. The molecule has 0 aliphatic rings. The lowest BCUT2D eigenvalue weighted by atomic mass is 9.87. The molecule has 1 N–H and O–H groups in total. The van der Waals surface area contributed by atoms with Crippen molar-refractivity contribution in [1.29, 1.82) is 0 Å². The molecule has 134 valence electrons. The summed E-state index contributed by atoms with van der Waals surface area (Å²) in [7, 11) is 0. The summed E-state index contributed by atoms with van der Waals surface area (Å²) in [6.07, 6.45) is 0.943. The van der Waals surface area contributed by atoms with E-state index in [1.165, 1.54) is 5.56 Å². The van der Waals surface area contributed by atoms with Crippen molar-refractivity contribution in [3.63, 3.8) is 0 Å². The highest BCUT2D eigenvalue weighted by molar-refractivity contribution is 5.92. The van der Waals surface area contributed by atoms with E-state index in [2.05, 4.69) is 33.0 Å². The van der Waals surface area contributed by atoms with Gasteiger partial charge >= 0.3 is 0 Å². The fraction of sp³-hybridized carbons (Fsp3) is 0.381. The van der Waals surface area contributed by atoms with Gasteiger partial charge < -0.3 is 14.8 Å². The Labute approximate surface area is 150 Å². The molecule has 2 aromatic rings. The highest BCUT2D eigenvalue weighted by atomic mass is 16.5. The number of carbonyl (C=O) groups excluding carboxylic acids is 1. The average molecular weight is 341 g/mol. The van der Waals surface area contributed by atoms with Crippen molar-refractivity contribution in [3.05, 3.63) is 54.1 Å². The molecule has 2 rings (SSSR count). The molecule has 0 heterocycles. The highest BCUT2D eigenvalue weighted by Gasteiger charge is 2.13. The van der Waals surface area contributed by atoms with E-state index in [9.17, 15) is 4.79 Å². The number of hydrogen-bond donors (Lipinski definition) is 1. The summed E-state index contributed by atoms with van der Waals surface area (Å²) < 4.78 is 11.1. The number of anilines is 1. The summed E-state index contributed by atoms with van der Waals surface area (Å²) in [5.41, 5.74) is 2.03. The number of benzene rings is 2. The molecule has 25 heavy (non-hydrogen) atoms. The molecule has 0 spiro atoms. The van der Waals surface area contributed by atoms with E-state index in [1.807, 2.05) is 48.5 Å². The fourth-order valence-electron chi connectivity index (χ4n) is 2.28. The van der Waals surface area contributed by atoms with E-state index in [0.717, 1.165) is 12.2 Å². The predicted molar refractivity (Wildman–Crippen MR) is 101 cm³/mol. The smallest absolute Gasteiger partial charge is 0.262 e. The number of nitrogens with one attached hydrogen (secondary N) is 1. The normalized spacial score (nSPS) is 11.0. The van der Waals surface area contributed by atoms with E-state index < -0.39 is 0 Å². The second kappa shape index (κ2) is 8.56. The lowest BCUT2D eigenvalue weighted by Gasteiger charge is -2.19. The van der Waals surface area contributed by atoms with Crippen molar-refractivity contribution in [2.45, 2.75) is 39.5 Å². The summed E-state index contributed by atoms with van der Waals surface area (Å²) in [4.78, 5) is 12.1. The zero-order chi connectivity index (χ0) is 18.3. The van der Waals surface area contributed by atoms with Crippen LogP contribution in [-0.4, -0.2) is 19.1 Å². The maximum atomic E-state index is 12.1. The first-order chi connectivity index (χ1) is 11.9. The van der Waals surface area contributed by atoms with Crippen LogP contribution in [0.3, 0.4) is 0 Å². The van der Waals surface area contributed by atoms with Crippen LogP contribution in [0.15, 0.2) is 48.5 Å². The molecule has 0 atom stereocenters. The molecule has 0 saturated carbocycles. The molecule has 0 unspecified atom stereocenters. The minimum absolute atomic E-state index is 0.0328. The van der Waals surface area contributed by atoms with Gasteiger partial charge in [-0.3, -0.25) is 4.79 Å². The third-order valence-corrected chi connectivity index (χ3v) is 3.68. The highest BCUT2D eigenvalue weighted by Crippen LogP contribution is 2.24. The van der Waals surface area contributed by atoms with Gasteiger partial charge in [0.15, 0.2) is 6.61 Å². The Bertz CT molecular complexity index is 687. The second-order valence-electron chi connectivity index (χ2n) is 6.99. The number of ether oxygens (including phenoxy) is 2. The predicted octanol–water partition coefficient (Wildman–Crippen LogP) is 4.79. The minimum atomic E-state index is -0.201. The van der Waals surface area contributed by atoms with Crippen LogP contribution in [0.4, 0.5) is 5.69 Å². The first-order valence-corrected chi connectivity index (χ1v) is 8.64. The van der Waals surface area contributed by atoms with E-state index in [1.54, 1.807) is 0 Å². The number of rotatable bonds is 7. The van der Waals surface area contributed by atoms with Crippen molar-refractivity contribution >= 4 is 11.6 Å². The Balaban J connectivity index is 1.86. The first-order valence-electron chi connectivity index (χ1n) is 8.64. The van der Waals surface area contributed by atoms with Crippen LogP contribution in [-0.2, 0) is 10.2 Å². The SMILES string of the molecule is CCCOc1cccc(NC(=O)COc2ccc(C(C)(C)C)cc2)c1. The zero-order valence-corrected chi connectivity index (χ0v) is 15.5. The van der Waals surface area contributed by atoms with E-state index >= 15 is 0 Å². The van der Waals surface area contributed by atoms with Crippen LogP contribution in [0, 0.1) is 0 Å². The van der Waals surface area contributed by atoms with Gasteiger partial charge in [0.2, 0.25) is 0 Å². The number of hydrogen-bond acceptors (Lipinski definition) is 3. The molecule has 1 amide bonds. The quantitative estimate of drug-likeness (QED) is 0.787. The van der Waals surface area contributed by atoms with Gasteiger partial charge in [0.25, 0.3) is 5.91 Å². The maximum Gasteiger partial charge on any atom is 0.262 e. The number of carbonyl (C=O) groups is 1. The van der Waals surface area contributed by atoms with Crippen molar-refractivity contribution < 1.29 is 14.3 Å². The van der Waals surface area contributed by atoms with Crippen molar-refractivity contribution in [1.82, 2.24) is 0 Å². The van der Waals surface area contributed by atoms with Gasteiger partial charge in [-0.25, -0.2) is 0 Å². The third-order valence-electron chi connectivity index (χ3n) is 3.68. The van der Waals surface area contributed by atoms with Gasteiger partial charge in [0, 0.05) is 11.8 Å². The second-order valence-corrected chi connectivity index (χ2v) is 6.99. The van der Waals surface area contributed by atoms with Crippen molar-refractivity contribution in [3.8, 4) is 11.5 Å². The summed E-state index contributed by atoms with van der Waals surface area (Å²) >= 11 is 0. The van der Waals surface area contributed by atoms with Crippen LogP contribution in [0.1, 0.15) is 39.7 Å². The van der Waals surface area contributed by atoms with Gasteiger partial charge in [-0.1, -0.05) is 45.9 Å². The molecule has 0 bridgehead atoms. The largest absolute Gasteiger partial charge is 0.494 e. The summed E-state index contributed by atoms with van der Waals surface area (Å²) in [5, 5.41) is 2.82.